The number of aliphatic hydroxyl groups is 1. The van der Waals surface area contributed by atoms with Crippen molar-refractivity contribution in [3.8, 4) is 0 Å². The van der Waals surface area contributed by atoms with Crippen molar-refractivity contribution in [1.82, 2.24) is 0 Å². The Morgan fingerprint density at radius 3 is 2.69 bits per heavy atom. The molecule has 13 heavy (non-hydrogen) atoms. The van der Waals surface area contributed by atoms with Crippen LogP contribution in [0.2, 0.25) is 0 Å². The molecule has 0 aliphatic rings. The van der Waals surface area contributed by atoms with Gasteiger partial charge in [-0.05, 0) is 19.8 Å². The number of carboxylic acids is 1. The minimum Gasteiger partial charge on any atom is -0.478 e. The van der Waals surface area contributed by atoms with Crippen molar-refractivity contribution in [3.63, 3.8) is 0 Å². The minimum atomic E-state index is -0.927. The maximum absolute atomic E-state index is 10.4. The molecule has 0 heterocycles. The maximum atomic E-state index is 10.4. The molecule has 2 N–H and O–H groups in total. The summed E-state index contributed by atoms with van der Waals surface area (Å²) in [6, 6.07) is 0. The zero-order chi connectivity index (χ0) is 10.3. The molecule has 1 atom stereocenters. The average Bonchev–Trinajstić information content (AvgIpc) is 2.10. The van der Waals surface area contributed by atoms with Gasteiger partial charge in [0.1, 0.15) is 0 Å². The van der Waals surface area contributed by atoms with E-state index >= 15 is 0 Å². The molecule has 0 aromatic heterocycles. The Hall–Kier alpha value is -0.830. The van der Waals surface area contributed by atoms with E-state index in [0.717, 1.165) is 12.8 Å². The fourth-order valence-corrected chi connectivity index (χ4v) is 0.898. The topological polar surface area (TPSA) is 57.5 Å². The van der Waals surface area contributed by atoms with Crippen LogP contribution in [0.4, 0.5) is 0 Å². The molecule has 3 heteroatoms. The van der Waals surface area contributed by atoms with Crippen LogP contribution in [0.25, 0.3) is 0 Å². The van der Waals surface area contributed by atoms with Crippen LogP contribution < -0.4 is 0 Å². The van der Waals surface area contributed by atoms with Crippen LogP contribution in [-0.2, 0) is 4.79 Å². The van der Waals surface area contributed by atoms with E-state index in [4.69, 9.17) is 5.11 Å². The summed E-state index contributed by atoms with van der Waals surface area (Å²) in [7, 11) is 0. The van der Waals surface area contributed by atoms with Crippen molar-refractivity contribution in [2.75, 3.05) is 0 Å². The van der Waals surface area contributed by atoms with Crippen LogP contribution in [0.5, 0.6) is 0 Å². The van der Waals surface area contributed by atoms with E-state index in [-0.39, 0.29) is 5.57 Å². The number of hydrogen-bond acceptors (Lipinski definition) is 2. The summed E-state index contributed by atoms with van der Waals surface area (Å²) < 4.78 is 0. The van der Waals surface area contributed by atoms with Crippen LogP contribution in [-0.4, -0.2) is 22.3 Å². The second kappa shape index (κ2) is 6.66. The third-order valence-corrected chi connectivity index (χ3v) is 1.82. The number of aliphatic carboxylic acids is 1. The summed E-state index contributed by atoms with van der Waals surface area (Å²) in [5.41, 5.74) is 0.286. The Bertz CT molecular complexity index is 185. The molecule has 1 radical (unpaired) electrons. The smallest absolute Gasteiger partial charge is 0.330 e. The number of aliphatic hydroxyl groups excluding tert-OH is 1. The lowest BCUT2D eigenvalue weighted by atomic mass is 10.1. The zero-order valence-electron chi connectivity index (χ0n) is 7.99. The Morgan fingerprint density at radius 1 is 1.62 bits per heavy atom. The van der Waals surface area contributed by atoms with Gasteiger partial charge in [0.25, 0.3) is 0 Å². The molecular weight excluding hydrogens is 168 g/mol. The van der Waals surface area contributed by atoms with Crippen molar-refractivity contribution in [2.45, 2.75) is 38.7 Å². The van der Waals surface area contributed by atoms with Crippen molar-refractivity contribution in [1.29, 1.82) is 0 Å². The molecule has 0 aromatic rings. The monoisotopic (exact) mass is 185 g/mol. The van der Waals surface area contributed by atoms with Gasteiger partial charge in [-0.3, -0.25) is 0 Å². The predicted octanol–water partition coefficient (Wildman–Crippen LogP) is 1.77. The van der Waals surface area contributed by atoms with Gasteiger partial charge in [0, 0.05) is 5.57 Å². The summed E-state index contributed by atoms with van der Waals surface area (Å²) in [5, 5.41) is 17.9. The van der Waals surface area contributed by atoms with Crippen molar-refractivity contribution >= 4 is 5.97 Å². The van der Waals surface area contributed by atoms with Gasteiger partial charge in [-0.15, -0.1) is 0 Å². The molecule has 0 bridgehead atoms. The maximum Gasteiger partial charge on any atom is 0.330 e. The normalized spacial score (nSPS) is 14.2. The lowest BCUT2D eigenvalue weighted by Crippen LogP contribution is -2.05. The largest absolute Gasteiger partial charge is 0.478 e. The highest BCUT2D eigenvalue weighted by Crippen LogP contribution is 2.06. The van der Waals surface area contributed by atoms with Gasteiger partial charge in [-0.2, -0.15) is 0 Å². The lowest BCUT2D eigenvalue weighted by molar-refractivity contribution is -0.132. The van der Waals surface area contributed by atoms with Gasteiger partial charge in [0.15, 0.2) is 0 Å². The van der Waals surface area contributed by atoms with Crippen LogP contribution in [0.15, 0.2) is 11.6 Å². The molecule has 1 unspecified atom stereocenters. The standard InChI is InChI=1S/C10H17O3/c1-3-4-5-9(11)7-6-8(2)10(12)13/h6,9,11H,1,3-5,7H2,2H3,(H,12,13). The van der Waals surface area contributed by atoms with E-state index in [1.165, 1.54) is 6.92 Å². The fourth-order valence-electron chi connectivity index (χ4n) is 0.898. The first-order valence-corrected chi connectivity index (χ1v) is 4.45. The Kier molecular flexibility index (Phi) is 6.24. The molecule has 3 nitrogen and oxygen atoms in total. The molecule has 0 saturated heterocycles. The molecule has 0 aliphatic heterocycles. The molecule has 0 fully saturated rings. The zero-order valence-corrected chi connectivity index (χ0v) is 7.99. The molecule has 0 rings (SSSR count). The first kappa shape index (κ1) is 12.2. The first-order valence-electron chi connectivity index (χ1n) is 4.45. The predicted molar refractivity (Wildman–Crippen MR) is 51.2 cm³/mol. The van der Waals surface area contributed by atoms with Crippen molar-refractivity contribution < 1.29 is 15.0 Å². The van der Waals surface area contributed by atoms with Crippen LogP contribution >= 0.6 is 0 Å². The van der Waals surface area contributed by atoms with Gasteiger partial charge < -0.3 is 10.2 Å². The summed E-state index contributed by atoms with van der Waals surface area (Å²) in [6.45, 7) is 5.18. The molecule has 0 aromatic carbocycles. The summed E-state index contributed by atoms with van der Waals surface area (Å²) in [6.07, 6.45) is 3.90. The summed E-state index contributed by atoms with van der Waals surface area (Å²) in [5.74, 6) is -0.927. The highest BCUT2D eigenvalue weighted by molar-refractivity contribution is 5.85. The molecule has 0 spiro atoms. The third-order valence-electron chi connectivity index (χ3n) is 1.82. The Morgan fingerprint density at radius 2 is 2.23 bits per heavy atom. The average molecular weight is 185 g/mol. The molecule has 0 saturated carbocycles. The van der Waals surface area contributed by atoms with Crippen LogP contribution in [0.3, 0.4) is 0 Å². The Labute approximate surface area is 79.1 Å². The fraction of sp³-hybridized carbons (Fsp3) is 0.600. The number of hydrogen-bond donors (Lipinski definition) is 2. The number of carboxylic acid groups (broad SMARTS) is 1. The van der Waals surface area contributed by atoms with Crippen LogP contribution in [0.1, 0.15) is 32.6 Å². The van der Waals surface area contributed by atoms with E-state index in [9.17, 15) is 9.90 Å². The van der Waals surface area contributed by atoms with E-state index in [1.807, 2.05) is 0 Å². The first-order chi connectivity index (χ1) is 6.07. The quantitative estimate of drug-likeness (QED) is 0.620. The van der Waals surface area contributed by atoms with Gasteiger partial charge >= 0.3 is 5.97 Å². The summed E-state index contributed by atoms with van der Waals surface area (Å²) >= 11 is 0. The van der Waals surface area contributed by atoms with Gasteiger partial charge in [-0.1, -0.05) is 25.8 Å². The molecule has 0 aliphatic carbocycles. The van der Waals surface area contributed by atoms with E-state index in [2.05, 4.69) is 6.92 Å². The second-order valence-corrected chi connectivity index (χ2v) is 3.08. The SMILES string of the molecule is [CH2]CCCC(O)CC=C(C)C(=O)O. The van der Waals surface area contributed by atoms with Gasteiger partial charge in [0.05, 0.1) is 6.10 Å². The van der Waals surface area contributed by atoms with Crippen molar-refractivity contribution in [2.24, 2.45) is 0 Å². The molecular formula is C10H17O3. The third kappa shape index (κ3) is 6.34. The minimum absolute atomic E-state index is 0.286. The second-order valence-electron chi connectivity index (χ2n) is 3.08. The highest BCUT2D eigenvalue weighted by atomic mass is 16.4. The molecule has 75 valence electrons. The Balaban J connectivity index is 3.73. The van der Waals surface area contributed by atoms with E-state index in [1.54, 1.807) is 6.08 Å². The van der Waals surface area contributed by atoms with E-state index in [0.29, 0.717) is 12.8 Å². The lowest BCUT2D eigenvalue weighted by Gasteiger charge is -2.06. The number of rotatable bonds is 6. The van der Waals surface area contributed by atoms with Gasteiger partial charge in [0.2, 0.25) is 0 Å². The number of carbonyl (C=O) groups is 1. The summed E-state index contributed by atoms with van der Waals surface area (Å²) in [4.78, 5) is 10.4. The highest BCUT2D eigenvalue weighted by Gasteiger charge is 2.03. The molecule has 0 amide bonds. The van der Waals surface area contributed by atoms with E-state index < -0.39 is 12.1 Å². The van der Waals surface area contributed by atoms with Crippen molar-refractivity contribution in [3.05, 3.63) is 18.6 Å². The number of unbranched alkanes of at least 4 members (excludes halogenated alkanes) is 1. The van der Waals surface area contributed by atoms with Gasteiger partial charge in [-0.25, -0.2) is 4.79 Å². The van der Waals surface area contributed by atoms with Crippen LogP contribution in [0, 0.1) is 6.92 Å².